The number of para-hydroxylation sites is 1. The minimum Gasteiger partial charge on any atom is -0.457 e. The Morgan fingerprint density at radius 1 is 1.07 bits per heavy atom. The van der Waals surface area contributed by atoms with E-state index >= 15 is 0 Å². The monoisotopic (exact) mass is 400 g/mol. The molecule has 0 aliphatic carbocycles. The van der Waals surface area contributed by atoms with Crippen molar-refractivity contribution in [2.45, 2.75) is 0 Å². The van der Waals surface area contributed by atoms with Crippen molar-refractivity contribution >= 4 is 40.9 Å². The van der Waals surface area contributed by atoms with Gasteiger partial charge in [-0.2, -0.15) is 5.26 Å². The lowest BCUT2D eigenvalue weighted by atomic mass is 10.2. The van der Waals surface area contributed by atoms with Crippen LogP contribution in [-0.2, 0) is 4.79 Å². The molecule has 0 unspecified atom stereocenters. The maximum Gasteiger partial charge on any atom is 0.266 e. The first-order valence-corrected chi connectivity index (χ1v) is 8.47. The fraction of sp³-hybridized carbons (Fsp3) is 0. The molecule has 0 atom stereocenters. The second-order valence-corrected chi connectivity index (χ2v) is 6.22. The van der Waals surface area contributed by atoms with Crippen LogP contribution in [-0.4, -0.2) is 5.91 Å². The maximum absolute atomic E-state index is 13.7. The van der Waals surface area contributed by atoms with Gasteiger partial charge < -0.3 is 9.73 Å². The number of nitrogens with one attached hydrogen (secondary N) is 1. The fourth-order valence-electron chi connectivity index (χ4n) is 2.34. The second kappa shape index (κ2) is 8.09. The van der Waals surface area contributed by atoms with Crippen LogP contribution in [0.25, 0.3) is 17.4 Å². The van der Waals surface area contributed by atoms with Gasteiger partial charge in [0.2, 0.25) is 0 Å². The predicted octanol–water partition coefficient (Wildman–Crippen LogP) is 5.94. The van der Waals surface area contributed by atoms with E-state index in [-0.39, 0.29) is 17.0 Å². The van der Waals surface area contributed by atoms with Crippen molar-refractivity contribution < 1.29 is 13.6 Å². The Morgan fingerprint density at radius 2 is 1.78 bits per heavy atom. The van der Waals surface area contributed by atoms with E-state index < -0.39 is 11.7 Å². The van der Waals surface area contributed by atoms with Crippen molar-refractivity contribution in [1.82, 2.24) is 0 Å². The zero-order valence-corrected chi connectivity index (χ0v) is 15.2. The third-order valence-electron chi connectivity index (χ3n) is 3.61. The van der Waals surface area contributed by atoms with Gasteiger partial charge in [0.25, 0.3) is 5.91 Å². The van der Waals surface area contributed by atoms with Crippen LogP contribution < -0.4 is 5.32 Å². The van der Waals surface area contributed by atoms with Crippen molar-refractivity contribution in [2.24, 2.45) is 0 Å². The number of hydrogen-bond acceptors (Lipinski definition) is 3. The van der Waals surface area contributed by atoms with E-state index in [1.807, 2.05) is 0 Å². The number of nitrogens with zero attached hydrogens (tertiary/aromatic N) is 1. The Bertz CT molecular complexity index is 1060. The normalized spacial score (nSPS) is 11.1. The van der Waals surface area contributed by atoms with E-state index in [4.69, 9.17) is 27.6 Å². The molecule has 0 saturated heterocycles. The molecule has 1 aromatic heterocycles. The number of furan rings is 1. The SMILES string of the molecule is N#C/C(=C\c1ccc(-c2c(Cl)cccc2Cl)o1)C(=O)Nc1ccccc1F. The zero-order chi connectivity index (χ0) is 19.4. The van der Waals surface area contributed by atoms with Gasteiger partial charge in [0.1, 0.15) is 29.0 Å². The zero-order valence-electron chi connectivity index (χ0n) is 13.7. The first-order chi connectivity index (χ1) is 13.0. The number of carbonyl (C=O) groups excluding carboxylic acids is 1. The highest BCUT2D eigenvalue weighted by Gasteiger charge is 2.15. The number of rotatable bonds is 4. The summed E-state index contributed by atoms with van der Waals surface area (Å²) < 4.78 is 19.3. The van der Waals surface area contributed by atoms with Gasteiger partial charge >= 0.3 is 0 Å². The molecule has 3 aromatic rings. The molecule has 2 aromatic carbocycles. The van der Waals surface area contributed by atoms with Gasteiger partial charge in [-0.25, -0.2) is 4.39 Å². The highest BCUT2D eigenvalue weighted by molar-refractivity contribution is 6.39. The molecule has 0 bridgehead atoms. The molecule has 0 spiro atoms. The lowest BCUT2D eigenvalue weighted by Crippen LogP contribution is -2.14. The third kappa shape index (κ3) is 4.20. The van der Waals surface area contributed by atoms with Gasteiger partial charge in [0, 0.05) is 6.08 Å². The molecule has 3 rings (SSSR count). The van der Waals surface area contributed by atoms with E-state index in [1.165, 1.54) is 24.3 Å². The topological polar surface area (TPSA) is 66.0 Å². The molecular formula is C20H11Cl2FN2O2. The largest absolute Gasteiger partial charge is 0.457 e. The third-order valence-corrected chi connectivity index (χ3v) is 4.24. The maximum atomic E-state index is 13.7. The van der Waals surface area contributed by atoms with Gasteiger partial charge in [-0.05, 0) is 36.4 Å². The summed E-state index contributed by atoms with van der Waals surface area (Å²) in [5.74, 6) is -0.710. The summed E-state index contributed by atoms with van der Waals surface area (Å²) in [6.45, 7) is 0. The number of nitriles is 1. The van der Waals surface area contributed by atoms with Crippen LogP contribution in [0.3, 0.4) is 0 Å². The van der Waals surface area contributed by atoms with Crippen LogP contribution in [0.4, 0.5) is 10.1 Å². The van der Waals surface area contributed by atoms with Crippen molar-refractivity contribution in [3.05, 3.63) is 81.8 Å². The number of anilines is 1. The summed E-state index contributed by atoms with van der Waals surface area (Å²) in [5, 5.41) is 12.4. The summed E-state index contributed by atoms with van der Waals surface area (Å²) in [6, 6.07) is 15.7. The van der Waals surface area contributed by atoms with Crippen LogP contribution in [0, 0.1) is 17.1 Å². The van der Waals surface area contributed by atoms with Crippen LogP contribution >= 0.6 is 23.2 Å². The average Bonchev–Trinajstić information content (AvgIpc) is 3.09. The van der Waals surface area contributed by atoms with Crippen molar-refractivity contribution in [3.8, 4) is 17.4 Å². The quantitative estimate of drug-likeness (QED) is 0.435. The van der Waals surface area contributed by atoms with Gasteiger partial charge in [0.05, 0.1) is 21.3 Å². The Hall–Kier alpha value is -3.07. The highest BCUT2D eigenvalue weighted by atomic mass is 35.5. The number of carbonyl (C=O) groups is 1. The van der Waals surface area contributed by atoms with Gasteiger partial charge in [-0.1, -0.05) is 41.4 Å². The van der Waals surface area contributed by atoms with E-state index in [2.05, 4.69) is 5.32 Å². The predicted molar refractivity (Wildman–Crippen MR) is 103 cm³/mol. The summed E-state index contributed by atoms with van der Waals surface area (Å²) in [6.07, 6.45) is 1.25. The van der Waals surface area contributed by atoms with E-state index in [9.17, 15) is 14.4 Å². The van der Waals surface area contributed by atoms with Crippen LogP contribution in [0.5, 0.6) is 0 Å². The smallest absolute Gasteiger partial charge is 0.266 e. The Balaban J connectivity index is 1.87. The molecule has 0 aliphatic heterocycles. The lowest BCUT2D eigenvalue weighted by molar-refractivity contribution is -0.112. The lowest BCUT2D eigenvalue weighted by Gasteiger charge is -2.05. The molecule has 1 amide bonds. The molecular weight excluding hydrogens is 390 g/mol. The Kier molecular flexibility index (Phi) is 5.60. The standard InChI is InChI=1S/C20H11Cl2FN2O2/c21-14-4-3-5-15(22)19(14)18-9-8-13(27-18)10-12(11-24)20(26)25-17-7-2-1-6-16(17)23/h1-10H,(H,25,26)/b12-10+. The molecule has 0 saturated carbocycles. The van der Waals surface area contributed by atoms with E-state index in [0.717, 1.165) is 0 Å². The number of hydrogen-bond donors (Lipinski definition) is 1. The summed E-state index contributed by atoms with van der Waals surface area (Å²) in [5.41, 5.74) is 0.242. The van der Waals surface area contributed by atoms with Crippen molar-refractivity contribution in [2.75, 3.05) is 5.32 Å². The fourth-order valence-corrected chi connectivity index (χ4v) is 2.92. The van der Waals surface area contributed by atoms with E-state index in [1.54, 1.807) is 42.5 Å². The van der Waals surface area contributed by atoms with Gasteiger partial charge in [0.15, 0.2) is 0 Å². The van der Waals surface area contributed by atoms with Gasteiger partial charge in [-0.15, -0.1) is 0 Å². The molecule has 0 fully saturated rings. The molecule has 1 heterocycles. The summed E-state index contributed by atoms with van der Waals surface area (Å²) in [7, 11) is 0. The minimum atomic E-state index is -0.753. The second-order valence-electron chi connectivity index (χ2n) is 5.40. The van der Waals surface area contributed by atoms with Crippen molar-refractivity contribution in [1.29, 1.82) is 5.26 Å². The molecule has 0 radical (unpaired) electrons. The molecule has 7 heteroatoms. The van der Waals surface area contributed by atoms with E-state index in [0.29, 0.717) is 21.4 Å². The molecule has 1 N–H and O–H groups in total. The first kappa shape index (κ1) is 18.7. The minimum absolute atomic E-state index is 0.0216. The van der Waals surface area contributed by atoms with Crippen LogP contribution in [0.1, 0.15) is 5.76 Å². The molecule has 4 nitrogen and oxygen atoms in total. The molecule has 0 aliphatic rings. The molecule has 27 heavy (non-hydrogen) atoms. The van der Waals surface area contributed by atoms with Gasteiger partial charge in [-0.3, -0.25) is 4.79 Å². The van der Waals surface area contributed by atoms with Crippen molar-refractivity contribution in [3.63, 3.8) is 0 Å². The number of halogens is 3. The highest BCUT2D eigenvalue weighted by Crippen LogP contribution is 2.35. The summed E-state index contributed by atoms with van der Waals surface area (Å²) >= 11 is 12.3. The van der Waals surface area contributed by atoms with Crippen LogP contribution in [0.2, 0.25) is 10.0 Å². The average molecular weight is 401 g/mol. The Labute approximate surface area is 164 Å². The Morgan fingerprint density at radius 3 is 2.44 bits per heavy atom. The first-order valence-electron chi connectivity index (χ1n) is 7.71. The number of benzene rings is 2. The molecule has 134 valence electrons. The summed E-state index contributed by atoms with van der Waals surface area (Å²) in [4.78, 5) is 12.2. The number of amides is 1. The van der Waals surface area contributed by atoms with Crippen LogP contribution in [0.15, 0.2) is 64.6 Å².